The first kappa shape index (κ1) is 13.5. The Bertz CT molecular complexity index is 775. The minimum atomic E-state index is 0.128. The Balaban J connectivity index is 1.63. The Morgan fingerprint density at radius 1 is 1.00 bits per heavy atom. The van der Waals surface area contributed by atoms with Gasteiger partial charge in [0.2, 0.25) is 0 Å². The fraction of sp³-hybridized carbons (Fsp3) is 0.368. The molecule has 3 heteroatoms. The first-order valence-corrected chi connectivity index (χ1v) is 8.08. The van der Waals surface area contributed by atoms with Gasteiger partial charge < -0.3 is 4.90 Å². The number of piperidine rings is 1. The van der Waals surface area contributed by atoms with Crippen molar-refractivity contribution in [3.63, 3.8) is 0 Å². The quantitative estimate of drug-likeness (QED) is 0.748. The molecule has 2 aromatic rings. The lowest BCUT2D eigenvalue weighted by molar-refractivity contribution is 0.0745. The molecule has 22 heavy (non-hydrogen) atoms. The zero-order valence-electron chi connectivity index (χ0n) is 12.9. The molecule has 112 valence electrons. The zero-order valence-corrected chi connectivity index (χ0v) is 12.9. The van der Waals surface area contributed by atoms with Crippen molar-refractivity contribution in [3.05, 3.63) is 52.7 Å². The lowest BCUT2D eigenvalue weighted by Crippen LogP contribution is -2.36. The van der Waals surface area contributed by atoms with Crippen LogP contribution in [-0.2, 0) is 0 Å². The first-order valence-electron chi connectivity index (χ1n) is 8.08. The molecule has 0 N–H and O–H groups in total. The second kappa shape index (κ2) is 5.24. The second-order valence-electron chi connectivity index (χ2n) is 6.33. The number of fused-ring (bicyclic) bond motifs is 1. The van der Waals surface area contributed by atoms with E-state index in [-0.39, 0.29) is 5.91 Å². The van der Waals surface area contributed by atoms with Gasteiger partial charge >= 0.3 is 0 Å². The monoisotopic (exact) mass is 292 g/mol. The van der Waals surface area contributed by atoms with Gasteiger partial charge in [0, 0.05) is 24.2 Å². The van der Waals surface area contributed by atoms with E-state index in [1.54, 1.807) is 11.1 Å². The predicted octanol–water partition coefficient (Wildman–Crippen LogP) is 3.87. The van der Waals surface area contributed by atoms with Gasteiger partial charge in [0.05, 0.1) is 11.1 Å². The molecule has 4 rings (SSSR count). The maximum Gasteiger partial charge on any atom is 0.256 e. The molecule has 1 amide bonds. The van der Waals surface area contributed by atoms with Crippen LogP contribution in [0.3, 0.4) is 0 Å². The fourth-order valence-corrected chi connectivity index (χ4v) is 3.34. The van der Waals surface area contributed by atoms with Crippen molar-refractivity contribution < 1.29 is 4.79 Å². The smallest absolute Gasteiger partial charge is 0.256 e. The number of hydrogen-bond acceptors (Lipinski definition) is 2. The molecule has 1 aromatic heterocycles. The molecular formula is C19H20N2O. The molecule has 0 spiro atoms. The van der Waals surface area contributed by atoms with Crippen LogP contribution in [0.4, 0.5) is 0 Å². The molecule has 0 atom stereocenters. The van der Waals surface area contributed by atoms with Crippen molar-refractivity contribution in [2.24, 2.45) is 0 Å². The van der Waals surface area contributed by atoms with Gasteiger partial charge in [0.1, 0.15) is 0 Å². The van der Waals surface area contributed by atoms with Crippen molar-refractivity contribution in [2.45, 2.75) is 32.6 Å². The van der Waals surface area contributed by atoms with Crippen LogP contribution in [0, 0.1) is 6.92 Å². The minimum absolute atomic E-state index is 0.128. The maximum absolute atomic E-state index is 12.9. The van der Waals surface area contributed by atoms with Crippen molar-refractivity contribution in [1.82, 2.24) is 9.88 Å². The molecule has 2 fully saturated rings. The standard InChI is InChI=1S/C19H20N2O/c1-13-5-6-16-3-2-4-17(18(16)20-13)19(22)21-11-9-15(10-12-21)14-7-8-14/h2-6H,7-12H2,1H3. The van der Waals surface area contributed by atoms with Gasteiger partial charge in [-0.25, -0.2) is 0 Å². The average Bonchev–Trinajstić information content (AvgIpc) is 3.39. The molecule has 0 radical (unpaired) electrons. The van der Waals surface area contributed by atoms with Gasteiger partial charge in [-0.3, -0.25) is 9.78 Å². The van der Waals surface area contributed by atoms with Crippen LogP contribution in [0.1, 0.15) is 41.7 Å². The summed E-state index contributed by atoms with van der Waals surface area (Å²) in [4.78, 5) is 19.5. The molecule has 1 saturated carbocycles. The van der Waals surface area contributed by atoms with E-state index >= 15 is 0 Å². The molecule has 0 bridgehead atoms. The van der Waals surface area contributed by atoms with E-state index in [0.717, 1.165) is 48.1 Å². The summed E-state index contributed by atoms with van der Waals surface area (Å²) < 4.78 is 0. The Morgan fingerprint density at radius 3 is 2.45 bits per heavy atom. The Hall–Kier alpha value is -2.16. The van der Waals surface area contributed by atoms with Gasteiger partial charge in [0.15, 0.2) is 0 Å². The summed E-state index contributed by atoms with van der Waals surface area (Å²) in [5.74, 6) is 0.128. The highest BCUT2D eigenvalue weighted by Crippen LogP contribution is 2.36. The van der Waals surface area contributed by atoms with Gasteiger partial charge in [-0.05, 0) is 44.7 Å². The Labute approximate surface area is 130 Å². The predicted molar refractivity (Wildman–Crippen MR) is 87.9 cm³/mol. The summed E-state index contributed by atoms with van der Waals surface area (Å²) >= 11 is 0. The topological polar surface area (TPSA) is 33.2 Å². The third-order valence-electron chi connectivity index (χ3n) is 4.74. The van der Waals surface area contributed by atoms with Crippen LogP contribution in [0.5, 0.6) is 0 Å². The summed E-state index contributed by atoms with van der Waals surface area (Å²) in [5.41, 5.74) is 5.78. The number of likely N-dealkylation sites (tertiary alicyclic amines) is 1. The molecule has 1 aliphatic carbocycles. The summed E-state index contributed by atoms with van der Waals surface area (Å²) in [6.45, 7) is 3.66. The molecule has 1 saturated heterocycles. The largest absolute Gasteiger partial charge is 0.338 e. The van der Waals surface area contributed by atoms with E-state index in [1.807, 2.05) is 42.2 Å². The molecule has 1 aromatic carbocycles. The fourth-order valence-electron chi connectivity index (χ4n) is 3.34. The molecule has 1 aliphatic heterocycles. The molecule has 0 unspecified atom stereocenters. The third kappa shape index (κ3) is 2.41. The van der Waals surface area contributed by atoms with E-state index in [4.69, 9.17) is 0 Å². The zero-order chi connectivity index (χ0) is 15.1. The molecular weight excluding hydrogens is 272 g/mol. The second-order valence-corrected chi connectivity index (χ2v) is 6.33. The van der Waals surface area contributed by atoms with Crippen LogP contribution in [0.2, 0.25) is 0 Å². The Kier molecular flexibility index (Phi) is 3.21. The minimum Gasteiger partial charge on any atom is -0.338 e. The summed E-state index contributed by atoms with van der Waals surface area (Å²) in [5, 5.41) is 1.04. The van der Waals surface area contributed by atoms with E-state index < -0.39 is 0 Å². The van der Waals surface area contributed by atoms with Crippen LogP contribution < -0.4 is 0 Å². The maximum atomic E-state index is 12.9. The van der Waals surface area contributed by atoms with E-state index in [2.05, 4.69) is 4.98 Å². The number of aryl methyl sites for hydroxylation is 1. The first-order chi connectivity index (χ1) is 10.7. The van der Waals surface area contributed by atoms with Gasteiger partial charge in [-0.2, -0.15) is 0 Å². The number of amides is 1. The van der Waals surface area contributed by atoms with E-state index in [1.165, 1.54) is 12.8 Å². The highest BCUT2D eigenvalue weighted by Gasteiger charge is 2.25. The SMILES string of the molecule is Cc1ccc2cccc(C(=O)N3CCC(=C4CC4)CC3)c2n1. The van der Waals surface area contributed by atoms with E-state index in [9.17, 15) is 4.79 Å². The lowest BCUT2D eigenvalue weighted by atomic mass is 10.0. The van der Waals surface area contributed by atoms with Crippen molar-refractivity contribution >= 4 is 16.8 Å². The summed E-state index contributed by atoms with van der Waals surface area (Å²) in [6, 6.07) is 9.91. The van der Waals surface area contributed by atoms with Crippen molar-refractivity contribution in [3.8, 4) is 0 Å². The number of carbonyl (C=O) groups excluding carboxylic acids is 1. The van der Waals surface area contributed by atoms with Gasteiger partial charge in [-0.15, -0.1) is 0 Å². The molecule has 2 aliphatic rings. The average molecular weight is 292 g/mol. The van der Waals surface area contributed by atoms with Crippen LogP contribution in [0.15, 0.2) is 41.5 Å². The number of nitrogens with zero attached hydrogens (tertiary/aromatic N) is 2. The number of allylic oxidation sites excluding steroid dienone is 1. The van der Waals surface area contributed by atoms with Crippen LogP contribution in [0.25, 0.3) is 10.9 Å². The number of benzene rings is 1. The number of hydrogen-bond donors (Lipinski definition) is 0. The summed E-state index contributed by atoms with van der Waals surface area (Å²) in [6.07, 6.45) is 4.68. The number of pyridine rings is 1. The molecule has 3 nitrogen and oxygen atoms in total. The highest BCUT2D eigenvalue weighted by molar-refractivity contribution is 6.05. The normalized spacial score (nSPS) is 18.0. The number of carbonyl (C=O) groups is 1. The number of para-hydroxylation sites is 1. The van der Waals surface area contributed by atoms with Crippen LogP contribution in [-0.4, -0.2) is 28.9 Å². The Morgan fingerprint density at radius 2 is 1.73 bits per heavy atom. The summed E-state index contributed by atoms with van der Waals surface area (Å²) in [7, 11) is 0. The van der Waals surface area contributed by atoms with E-state index in [0.29, 0.717) is 0 Å². The molecule has 2 heterocycles. The van der Waals surface area contributed by atoms with Gasteiger partial charge in [0.25, 0.3) is 5.91 Å². The van der Waals surface area contributed by atoms with Crippen molar-refractivity contribution in [2.75, 3.05) is 13.1 Å². The van der Waals surface area contributed by atoms with Crippen molar-refractivity contribution in [1.29, 1.82) is 0 Å². The van der Waals surface area contributed by atoms with Gasteiger partial charge in [-0.1, -0.05) is 29.3 Å². The lowest BCUT2D eigenvalue weighted by Gasteiger charge is -2.29. The number of aromatic nitrogens is 1. The highest BCUT2D eigenvalue weighted by atomic mass is 16.2. The number of rotatable bonds is 1. The third-order valence-corrected chi connectivity index (χ3v) is 4.74. The van der Waals surface area contributed by atoms with Crippen LogP contribution >= 0.6 is 0 Å².